The van der Waals surface area contributed by atoms with E-state index in [1.807, 2.05) is 30.8 Å². The molecule has 3 saturated heterocycles. The molecule has 3 fully saturated rings. The van der Waals surface area contributed by atoms with Crippen LogP contribution in [0.25, 0.3) is 0 Å². The van der Waals surface area contributed by atoms with Crippen molar-refractivity contribution in [2.45, 2.75) is 36.5 Å². The van der Waals surface area contributed by atoms with Crippen LogP contribution in [-0.4, -0.2) is 85.9 Å². The molecule has 3 aliphatic heterocycles. The SMILES string of the molecule is CN(C)CCC(=O)N1CC2(C[C@@H](OCC3CCOCC3)CS2)C1. The third kappa shape index (κ3) is 4.62. The first-order valence-electron chi connectivity index (χ1n) is 8.82. The molecule has 5 nitrogen and oxygen atoms in total. The van der Waals surface area contributed by atoms with Crippen LogP contribution >= 0.6 is 11.8 Å². The van der Waals surface area contributed by atoms with Gasteiger partial charge in [0.1, 0.15) is 0 Å². The van der Waals surface area contributed by atoms with Crippen molar-refractivity contribution >= 4 is 17.7 Å². The van der Waals surface area contributed by atoms with Crippen molar-refractivity contribution in [2.75, 3.05) is 59.3 Å². The van der Waals surface area contributed by atoms with Crippen LogP contribution in [0.15, 0.2) is 0 Å². The molecule has 6 heteroatoms. The number of amides is 1. The number of likely N-dealkylation sites (tertiary alicyclic amines) is 1. The van der Waals surface area contributed by atoms with E-state index >= 15 is 0 Å². The van der Waals surface area contributed by atoms with Crippen molar-refractivity contribution in [3.63, 3.8) is 0 Å². The predicted molar refractivity (Wildman–Crippen MR) is 92.8 cm³/mol. The molecule has 1 atom stereocenters. The summed E-state index contributed by atoms with van der Waals surface area (Å²) < 4.78 is 11.8. The van der Waals surface area contributed by atoms with Gasteiger partial charge in [0.2, 0.25) is 5.91 Å². The lowest BCUT2D eigenvalue weighted by Crippen LogP contribution is -2.61. The molecule has 0 aromatic heterocycles. The first-order valence-corrected chi connectivity index (χ1v) is 9.81. The quantitative estimate of drug-likeness (QED) is 0.731. The molecular formula is C17H30N2O3S. The Balaban J connectivity index is 1.35. The average Bonchev–Trinajstić information content (AvgIpc) is 2.95. The van der Waals surface area contributed by atoms with Gasteiger partial charge in [0.15, 0.2) is 0 Å². The second kappa shape index (κ2) is 7.72. The fraction of sp³-hybridized carbons (Fsp3) is 0.941. The van der Waals surface area contributed by atoms with E-state index < -0.39 is 0 Å². The van der Waals surface area contributed by atoms with E-state index in [-0.39, 0.29) is 4.75 Å². The molecule has 0 unspecified atom stereocenters. The molecule has 3 aliphatic rings. The predicted octanol–water partition coefficient (Wildman–Crippen LogP) is 1.47. The van der Waals surface area contributed by atoms with Crippen molar-refractivity contribution < 1.29 is 14.3 Å². The summed E-state index contributed by atoms with van der Waals surface area (Å²) in [6.07, 6.45) is 4.40. The largest absolute Gasteiger partial charge is 0.381 e. The van der Waals surface area contributed by atoms with E-state index in [1.54, 1.807) is 0 Å². The summed E-state index contributed by atoms with van der Waals surface area (Å²) in [5, 5.41) is 0. The molecule has 0 aromatic carbocycles. The fourth-order valence-corrected chi connectivity index (χ4v) is 5.17. The number of carbonyl (C=O) groups excluding carboxylic acids is 1. The summed E-state index contributed by atoms with van der Waals surface area (Å²) in [7, 11) is 4.02. The van der Waals surface area contributed by atoms with Gasteiger partial charge in [0.05, 0.1) is 10.9 Å². The Bertz CT molecular complexity index is 407. The molecule has 132 valence electrons. The van der Waals surface area contributed by atoms with E-state index in [4.69, 9.17) is 9.47 Å². The molecule has 0 radical (unpaired) electrons. The lowest BCUT2D eigenvalue weighted by Gasteiger charge is -2.47. The minimum atomic E-state index is 0.286. The van der Waals surface area contributed by atoms with Gasteiger partial charge in [0.25, 0.3) is 0 Å². The van der Waals surface area contributed by atoms with Gasteiger partial charge in [-0.25, -0.2) is 0 Å². The Labute approximate surface area is 144 Å². The number of nitrogens with zero attached hydrogens (tertiary/aromatic N) is 2. The summed E-state index contributed by atoms with van der Waals surface area (Å²) in [6.45, 7) is 5.34. The second-order valence-electron chi connectivity index (χ2n) is 7.51. The number of thioether (sulfide) groups is 1. The van der Waals surface area contributed by atoms with Crippen LogP contribution in [0.1, 0.15) is 25.7 Å². The minimum absolute atomic E-state index is 0.286. The maximum absolute atomic E-state index is 12.1. The molecule has 1 amide bonds. The number of rotatable bonds is 6. The highest BCUT2D eigenvalue weighted by Gasteiger charge is 2.50. The van der Waals surface area contributed by atoms with Crippen molar-refractivity contribution in [3.05, 3.63) is 0 Å². The summed E-state index contributed by atoms with van der Waals surface area (Å²) >= 11 is 2.02. The molecule has 0 bridgehead atoms. The minimum Gasteiger partial charge on any atom is -0.381 e. The van der Waals surface area contributed by atoms with Crippen LogP contribution in [0.5, 0.6) is 0 Å². The monoisotopic (exact) mass is 342 g/mol. The lowest BCUT2D eigenvalue weighted by molar-refractivity contribution is -0.137. The Kier molecular flexibility index (Phi) is 5.88. The molecule has 0 saturated carbocycles. The first kappa shape index (κ1) is 17.5. The van der Waals surface area contributed by atoms with Gasteiger partial charge in [-0.1, -0.05) is 0 Å². The summed E-state index contributed by atoms with van der Waals surface area (Å²) in [4.78, 5) is 16.2. The third-order valence-corrected chi connectivity index (χ3v) is 6.74. The highest BCUT2D eigenvalue weighted by atomic mass is 32.2. The van der Waals surface area contributed by atoms with E-state index in [9.17, 15) is 4.79 Å². The maximum Gasteiger partial charge on any atom is 0.223 e. The Morgan fingerprint density at radius 3 is 2.78 bits per heavy atom. The first-order chi connectivity index (χ1) is 11.1. The zero-order valence-corrected chi connectivity index (χ0v) is 15.3. The maximum atomic E-state index is 12.1. The highest BCUT2D eigenvalue weighted by molar-refractivity contribution is 8.01. The van der Waals surface area contributed by atoms with Crippen LogP contribution in [0.2, 0.25) is 0 Å². The standard InChI is InChI=1S/C17H30N2O3S/c1-18(2)6-3-16(20)19-12-17(13-19)9-15(11-23-17)22-10-14-4-7-21-8-5-14/h14-15H,3-13H2,1-2H3/t15-/m1/s1. The van der Waals surface area contributed by atoms with Crippen molar-refractivity contribution in [2.24, 2.45) is 5.92 Å². The number of hydrogen-bond acceptors (Lipinski definition) is 5. The molecule has 0 N–H and O–H groups in total. The summed E-state index contributed by atoms with van der Waals surface area (Å²) in [6, 6.07) is 0. The zero-order chi connectivity index (χ0) is 16.3. The number of hydrogen-bond donors (Lipinski definition) is 0. The molecule has 3 rings (SSSR count). The van der Waals surface area contributed by atoms with Crippen LogP contribution in [0.3, 0.4) is 0 Å². The second-order valence-corrected chi connectivity index (χ2v) is 9.00. The summed E-state index contributed by atoms with van der Waals surface area (Å²) in [5.41, 5.74) is 0. The van der Waals surface area contributed by atoms with Gasteiger partial charge in [0, 0.05) is 51.6 Å². The normalized spacial score (nSPS) is 27.6. The van der Waals surface area contributed by atoms with Gasteiger partial charge >= 0.3 is 0 Å². The van der Waals surface area contributed by atoms with Crippen LogP contribution in [-0.2, 0) is 14.3 Å². The molecule has 0 aliphatic carbocycles. The van der Waals surface area contributed by atoms with Crippen LogP contribution in [0, 0.1) is 5.92 Å². The summed E-state index contributed by atoms with van der Waals surface area (Å²) in [5.74, 6) is 2.07. The topological polar surface area (TPSA) is 42.0 Å². The molecule has 23 heavy (non-hydrogen) atoms. The fourth-order valence-electron chi connectivity index (χ4n) is 3.62. The Morgan fingerprint density at radius 1 is 1.35 bits per heavy atom. The van der Waals surface area contributed by atoms with Gasteiger partial charge < -0.3 is 19.3 Å². The number of ether oxygens (including phenoxy) is 2. The van der Waals surface area contributed by atoms with E-state index in [0.29, 0.717) is 24.3 Å². The van der Waals surface area contributed by atoms with Gasteiger partial charge in [-0.3, -0.25) is 4.79 Å². The molecule has 1 spiro atoms. The van der Waals surface area contributed by atoms with Crippen molar-refractivity contribution in [3.8, 4) is 0 Å². The lowest BCUT2D eigenvalue weighted by atomic mass is 9.92. The van der Waals surface area contributed by atoms with Gasteiger partial charge in [-0.05, 0) is 39.3 Å². The van der Waals surface area contributed by atoms with Gasteiger partial charge in [-0.15, -0.1) is 11.8 Å². The van der Waals surface area contributed by atoms with Gasteiger partial charge in [-0.2, -0.15) is 0 Å². The van der Waals surface area contributed by atoms with Crippen LogP contribution in [0.4, 0.5) is 0 Å². The van der Waals surface area contributed by atoms with E-state index in [2.05, 4.69) is 4.90 Å². The zero-order valence-electron chi connectivity index (χ0n) is 14.5. The Hall–Kier alpha value is -0.300. The van der Waals surface area contributed by atoms with Crippen LogP contribution < -0.4 is 0 Å². The van der Waals surface area contributed by atoms with E-state index in [1.165, 1.54) is 0 Å². The molecule has 0 aromatic rings. The molecule has 3 heterocycles. The van der Waals surface area contributed by atoms with Crippen molar-refractivity contribution in [1.29, 1.82) is 0 Å². The van der Waals surface area contributed by atoms with Crippen molar-refractivity contribution in [1.82, 2.24) is 9.80 Å². The number of carbonyl (C=O) groups is 1. The molecular weight excluding hydrogens is 312 g/mol. The average molecular weight is 343 g/mol. The Morgan fingerprint density at radius 2 is 2.09 bits per heavy atom. The van der Waals surface area contributed by atoms with E-state index in [0.717, 1.165) is 64.5 Å². The third-order valence-electron chi connectivity index (χ3n) is 5.17. The smallest absolute Gasteiger partial charge is 0.223 e. The highest BCUT2D eigenvalue weighted by Crippen LogP contribution is 2.46.